The van der Waals surface area contributed by atoms with Crippen LogP contribution in [0.5, 0.6) is 5.75 Å². The fraction of sp³-hybridized carbons (Fsp3) is 0.188. The van der Waals surface area contributed by atoms with E-state index in [1.807, 2.05) is 26.0 Å². The molecule has 104 valence electrons. The number of ketones is 1. The molecule has 0 bridgehead atoms. The molecule has 20 heavy (non-hydrogen) atoms. The van der Waals surface area contributed by atoms with Crippen LogP contribution in [0.25, 0.3) is 0 Å². The number of rotatable bonds is 4. The van der Waals surface area contributed by atoms with Crippen LogP contribution >= 0.6 is 0 Å². The van der Waals surface area contributed by atoms with Crippen LogP contribution in [0.1, 0.15) is 27.0 Å². The number of benzene rings is 2. The lowest BCUT2D eigenvalue weighted by Gasteiger charge is -2.08. The number of carbonyl (C=O) groups is 1. The molecule has 0 heterocycles. The van der Waals surface area contributed by atoms with Gasteiger partial charge in [0.1, 0.15) is 5.75 Å². The maximum absolute atomic E-state index is 12.3. The predicted octanol–water partition coefficient (Wildman–Crippen LogP) is 4.14. The SMILES string of the molecule is Cc1ccc(C(=O)c2ccc(OC(F)F)cc2)c(C)c1. The largest absolute Gasteiger partial charge is 0.435 e. The lowest BCUT2D eigenvalue weighted by Crippen LogP contribution is -2.05. The molecule has 2 aromatic rings. The van der Waals surface area contributed by atoms with E-state index in [1.165, 1.54) is 24.3 Å². The number of hydrogen-bond acceptors (Lipinski definition) is 2. The third-order valence-corrected chi connectivity index (χ3v) is 2.97. The van der Waals surface area contributed by atoms with Gasteiger partial charge in [-0.25, -0.2) is 0 Å². The van der Waals surface area contributed by atoms with Gasteiger partial charge in [-0.05, 0) is 43.7 Å². The molecule has 0 aromatic heterocycles. The minimum absolute atomic E-state index is 0.0391. The molecule has 0 amide bonds. The Kier molecular flexibility index (Phi) is 4.13. The Morgan fingerprint density at radius 3 is 2.25 bits per heavy atom. The molecule has 4 heteroatoms. The van der Waals surface area contributed by atoms with Gasteiger partial charge >= 0.3 is 6.61 Å². The first-order chi connectivity index (χ1) is 9.47. The summed E-state index contributed by atoms with van der Waals surface area (Å²) in [4.78, 5) is 12.3. The summed E-state index contributed by atoms with van der Waals surface area (Å²) in [5, 5.41) is 0. The molecule has 0 atom stereocenters. The number of hydrogen-bond donors (Lipinski definition) is 0. The average Bonchev–Trinajstić information content (AvgIpc) is 2.38. The Balaban J connectivity index is 2.25. The monoisotopic (exact) mass is 276 g/mol. The van der Waals surface area contributed by atoms with E-state index in [0.717, 1.165) is 11.1 Å². The molecule has 0 aliphatic rings. The van der Waals surface area contributed by atoms with Crippen molar-refractivity contribution in [3.63, 3.8) is 0 Å². The maximum atomic E-state index is 12.3. The number of ether oxygens (including phenoxy) is 1. The summed E-state index contributed by atoms with van der Waals surface area (Å²) < 4.78 is 28.3. The van der Waals surface area contributed by atoms with Gasteiger partial charge in [-0.3, -0.25) is 4.79 Å². The van der Waals surface area contributed by atoms with E-state index in [0.29, 0.717) is 11.1 Å². The summed E-state index contributed by atoms with van der Waals surface area (Å²) in [7, 11) is 0. The van der Waals surface area contributed by atoms with E-state index in [9.17, 15) is 13.6 Å². The summed E-state index contributed by atoms with van der Waals surface area (Å²) in [6.07, 6.45) is 0. The highest BCUT2D eigenvalue weighted by molar-refractivity contribution is 6.09. The van der Waals surface area contributed by atoms with E-state index >= 15 is 0 Å². The van der Waals surface area contributed by atoms with Crippen molar-refractivity contribution in [1.29, 1.82) is 0 Å². The van der Waals surface area contributed by atoms with Crippen molar-refractivity contribution >= 4 is 5.78 Å². The van der Waals surface area contributed by atoms with Crippen LogP contribution in [0.2, 0.25) is 0 Å². The molecule has 2 rings (SSSR count). The summed E-state index contributed by atoms with van der Waals surface area (Å²) in [5.74, 6) is -0.0942. The molecular formula is C16H14F2O2. The molecule has 0 spiro atoms. The average molecular weight is 276 g/mol. The fourth-order valence-electron chi connectivity index (χ4n) is 2.01. The van der Waals surface area contributed by atoms with Gasteiger partial charge in [0.2, 0.25) is 0 Å². The van der Waals surface area contributed by atoms with Gasteiger partial charge in [0.25, 0.3) is 0 Å². The highest BCUT2D eigenvalue weighted by atomic mass is 19.3. The van der Waals surface area contributed by atoms with Crippen molar-refractivity contribution < 1.29 is 18.3 Å². The van der Waals surface area contributed by atoms with E-state index in [2.05, 4.69) is 4.74 Å². The smallest absolute Gasteiger partial charge is 0.387 e. The Bertz CT molecular complexity index is 619. The second kappa shape index (κ2) is 5.82. The van der Waals surface area contributed by atoms with Crippen molar-refractivity contribution in [3.8, 4) is 5.75 Å². The molecule has 2 aromatic carbocycles. The van der Waals surface area contributed by atoms with Crippen molar-refractivity contribution in [2.75, 3.05) is 0 Å². The van der Waals surface area contributed by atoms with E-state index < -0.39 is 6.61 Å². The highest BCUT2D eigenvalue weighted by Crippen LogP contribution is 2.19. The van der Waals surface area contributed by atoms with Crippen LogP contribution in [0.15, 0.2) is 42.5 Å². The summed E-state index contributed by atoms with van der Waals surface area (Å²) in [6.45, 7) is 0.961. The number of alkyl halides is 2. The first-order valence-corrected chi connectivity index (χ1v) is 6.14. The third-order valence-electron chi connectivity index (χ3n) is 2.97. The zero-order valence-electron chi connectivity index (χ0n) is 11.2. The number of carbonyl (C=O) groups excluding carboxylic acids is 1. The molecule has 2 nitrogen and oxygen atoms in total. The summed E-state index contributed by atoms with van der Waals surface area (Å²) in [6, 6.07) is 11.3. The van der Waals surface area contributed by atoms with Crippen LogP contribution < -0.4 is 4.74 Å². The van der Waals surface area contributed by atoms with Crippen LogP contribution in [-0.4, -0.2) is 12.4 Å². The van der Waals surface area contributed by atoms with Crippen molar-refractivity contribution in [1.82, 2.24) is 0 Å². The van der Waals surface area contributed by atoms with Crippen molar-refractivity contribution in [2.24, 2.45) is 0 Å². The minimum Gasteiger partial charge on any atom is -0.435 e. The van der Waals surface area contributed by atoms with Gasteiger partial charge < -0.3 is 4.74 Å². The molecule has 0 saturated carbocycles. The minimum atomic E-state index is -2.86. The van der Waals surface area contributed by atoms with Gasteiger partial charge in [-0.1, -0.05) is 23.8 Å². The van der Waals surface area contributed by atoms with E-state index in [1.54, 1.807) is 6.07 Å². The second-order valence-corrected chi connectivity index (χ2v) is 4.55. The maximum Gasteiger partial charge on any atom is 0.387 e. The van der Waals surface area contributed by atoms with Crippen LogP contribution in [-0.2, 0) is 0 Å². The standard InChI is InChI=1S/C16H14F2O2/c1-10-3-8-14(11(2)9-10)15(19)12-4-6-13(7-5-12)20-16(17)18/h3-9,16H,1-2H3. The summed E-state index contributed by atoms with van der Waals surface area (Å²) >= 11 is 0. The van der Waals surface area contributed by atoms with E-state index in [-0.39, 0.29) is 11.5 Å². The first-order valence-electron chi connectivity index (χ1n) is 6.14. The Morgan fingerprint density at radius 1 is 1.05 bits per heavy atom. The molecule has 0 aliphatic heterocycles. The van der Waals surface area contributed by atoms with Gasteiger partial charge in [-0.2, -0.15) is 8.78 Å². The quantitative estimate of drug-likeness (QED) is 0.785. The van der Waals surface area contributed by atoms with Crippen molar-refractivity contribution in [2.45, 2.75) is 20.5 Å². The zero-order chi connectivity index (χ0) is 14.7. The lowest BCUT2D eigenvalue weighted by atomic mass is 9.97. The van der Waals surface area contributed by atoms with Gasteiger partial charge in [0, 0.05) is 11.1 Å². The molecule has 0 saturated heterocycles. The zero-order valence-corrected chi connectivity index (χ0v) is 11.2. The molecule has 0 unspecified atom stereocenters. The fourth-order valence-corrected chi connectivity index (χ4v) is 2.01. The topological polar surface area (TPSA) is 26.3 Å². The third kappa shape index (κ3) is 3.20. The van der Waals surface area contributed by atoms with Gasteiger partial charge in [-0.15, -0.1) is 0 Å². The normalized spacial score (nSPS) is 10.7. The molecule has 0 N–H and O–H groups in total. The van der Waals surface area contributed by atoms with Crippen molar-refractivity contribution in [3.05, 3.63) is 64.7 Å². The molecule has 0 radical (unpaired) electrons. The van der Waals surface area contributed by atoms with Crippen LogP contribution in [0.3, 0.4) is 0 Å². The van der Waals surface area contributed by atoms with Crippen LogP contribution in [0, 0.1) is 13.8 Å². The highest BCUT2D eigenvalue weighted by Gasteiger charge is 2.12. The first kappa shape index (κ1) is 14.2. The number of aryl methyl sites for hydroxylation is 2. The molecule has 0 aliphatic carbocycles. The Morgan fingerprint density at radius 2 is 1.70 bits per heavy atom. The molecular weight excluding hydrogens is 262 g/mol. The van der Waals surface area contributed by atoms with Gasteiger partial charge in [0.05, 0.1) is 0 Å². The summed E-state index contributed by atoms with van der Waals surface area (Å²) in [5.41, 5.74) is 3.03. The van der Waals surface area contributed by atoms with Gasteiger partial charge in [0.15, 0.2) is 5.78 Å². The van der Waals surface area contributed by atoms with E-state index in [4.69, 9.17) is 0 Å². The Labute approximate surface area is 116 Å². The predicted molar refractivity (Wildman–Crippen MR) is 72.4 cm³/mol. The van der Waals surface area contributed by atoms with Crippen LogP contribution in [0.4, 0.5) is 8.78 Å². The molecule has 0 fully saturated rings. The number of halogens is 2. The second-order valence-electron chi connectivity index (χ2n) is 4.55. The Hall–Kier alpha value is -2.23. The lowest BCUT2D eigenvalue weighted by molar-refractivity contribution is -0.0498.